The predicted molar refractivity (Wildman–Crippen MR) is 48.6 cm³/mol. The summed E-state index contributed by atoms with van der Waals surface area (Å²) in [5.74, 6) is 0.383. The molecule has 1 N–H and O–H groups in total. The molecular weight excluding hydrogens is 176 g/mol. The maximum atomic E-state index is 10.1. The average Bonchev–Trinajstić information content (AvgIpc) is 1.92. The quantitative estimate of drug-likeness (QED) is 0.643. The van der Waals surface area contributed by atoms with Crippen molar-refractivity contribution in [1.82, 2.24) is 0 Å². The molecule has 0 radical (unpaired) electrons. The third kappa shape index (κ3) is 3.97. The smallest absolute Gasteiger partial charge is 0.303 e. The first-order valence-electron chi connectivity index (χ1n) is 4.20. The summed E-state index contributed by atoms with van der Waals surface area (Å²) in [6, 6.07) is 0. The van der Waals surface area contributed by atoms with Crippen LogP contribution in [0.2, 0.25) is 0 Å². The molecule has 0 bridgehead atoms. The SMILES string of the molecule is O=C(O)CCCCSC1COC1. The minimum Gasteiger partial charge on any atom is -0.481 e. The van der Waals surface area contributed by atoms with Crippen molar-refractivity contribution in [1.29, 1.82) is 0 Å². The maximum Gasteiger partial charge on any atom is 0.303 e. The van der Waals surface area contributed by atoms with E-state index in [1.54, 1.807) is 0 Å². The summed E-state index contributed by atoms with van der Waals surface area (Å²) in [4.78, 5) is 10.1. The van der Waals surface area contributed by atoms with Crippen LogP contribution in [0.4, 0.5) is 0 Å². The van der Waals surface area contributed by atoms with E-state index in [0.717, 1.165) is 31.8 Å². The van der Waals surface area contributed by atoms with Crippen LogP contribution in [0.15, 0.2) is 0 Å². The Bertz CT molecular complexity index is 145. The van der Waals surface area contributed by atoms with Crippen LogP contribution in [-0.2, 0) is 9.53 Å². The zero-order valence-electron chi connectivity index (χ0n) is 6.99. The lowest BCUT2D eigenvalue weighted by atomic mass is 10.2. The van der Waals surface area contributed by atoms with Gasteiger partial charge in [-0.05, 0) is 18.6 Å². The first-order valence-corrected chi connectivity index (χ1v) is 5.25. The Morgan fingerprint density at radius 1 is 1.50 bits per heavy atom. The molecule has 0 amide bonds. The van der Waals surface area contributed by atoms with Gasteiger partial charge in [-0.15, -0.1) is 0 Å². The minimum absolute atomic E-state index is 0.307. The molecule has 0 aromatic heterocycles. The molecule has 1 saturated heterocycles. The normalized spacial score (nSPS) is 17.3. The van der Waals surface area contributed by atoms with E-state index in [0.29, 0.717) is 11.7 Å². The average molecular weight is 190 g/mol. The number of rotatable bonds is 6. The van der Waals surface area contributed by atoms with Crippen LogP contribution in [0.25, 0.3) is 0 Å². The molecule has 0 aliphatic carbocycles. The molecule has 12 heavy (non-hydrogen) atoms. The van der Waals surface area contributed by atoms with E-state index in [9.17, 15) is 4.79 Å². The highest BCUT2D eigenvalue weighted by atomic mass is 32.2. The Balaban J connectivity index is 1.79. The highest BCUT2D eigenvalue weighted by Crippen LogP contribution is 2.20. The number of hydrogen-bond donors (Lipinski definition) is 1. The van der Waals surface area contributed by atoms with Gasteiger partial charge in [-0.3, -0.25) is 4.79 Å². The maximum absolute atomic E-state index is 10.1. The second-order valence-corrected chi connectivity index (χ2v) is 4.29. The van der Waals surface area contributed by atoms with Gasteiger partial charge in [0.05, 0.1) is 18.5 Å². The number of unbranched alkanes of at least 4 members (excludes halogenated alkanes) is 1. The number of carboxylic acid groups (broad SMARTS) is 1. The highest BCUT2D eigenvalue weighted by molar-refractivity contribution is 8.00. The van der Waals surface area contributed by atoms with Crippen LogP contribution in [0.5, 0.6) is 0 Å². The van der Waals surface area contributed by atoms with E-state index in [1.165, 1.54) is 0 Å². The van der Waals surface area contributed by atoms with Gasteiger partial charge in [-0.1, -0.05) is 0 Å². The van der Waals surface area contributed by atoms with Crippen molar-refractivity contribution in [3.05, 3.63) is 0 Å². The van der Waals surface area contributed by atoms with Gasteiger partial charge < -0.3 is 9.84 Å². The van der Waals surface area contributed by atoms with E-state index in [1.807, 2.05) is 11.8 Å². The Kier molecular flexibility index (Phi) is 4.46. The van der Waals surface area contributed by atoms with E-state index in [4.69, 9.17) is 9.84 Å². The number of ether oxygens (including phenoxy) is 1. The zero-order chi connectivity index (χ0) is 8.81. The van der Waals surface area contributed by atoms with Crippen LogP contribution < -0.4 is 0 Å². The minimum atomic E-state index is -0.688. The van der Waals surface area contributed by atoms with Gasteiger partial charge in [0.2, 0.25) is 0 Å². The standard InChI is InChI=1S/C8H14O3S/c9-8(10)3-1-2-4-12-7-5-11-6-7/h7H,1-6H2,(H,9,10). The first kappa shape index (κ1) is 9.86. The Labute approximate surface area is 76.5 Å². The van der Waals surface area contributed by atoms with Gasteiger partial charge in [0.1, 0.15) is 0 Å². The van der Waals surface area contributed by atoms with Crippen molar-refractivity contribution in [3.63, 3.8) is 0 Å². The molecule has 1 heterocycles. The summed E-state index contributed by atoms with van der Waals surface area (Å²) in [5.41, 5.74) is 0. The molecule has 1 aliphatic rings. The summed E-state index contributed by atoms with van der Waals surface area (Å²) in [5, 5.41) is 9.03. The van der Waals surface area contributed by atoms with E-state index < -0.39 is 5.97 Å². The molecule has 1 rings (SSSR count). The third-order valence-corrected chi connectivity index (χ3v) is 3.01. The third-order valence-electron chi connectivity index (χ3n) is 1.75. The molecule has 0 unspecified atom stereocenters. The fourth-order valence-electron chi connectivity index (χ4n) is 0.939. The molecule has 0 atom stereocenters. The second-order valence-electron chi connectivity index (χ2n) is 2.88. The van der Waals surface area contributed by atoms with Gasteiger partial charge >= 0.3 is 5.97 Å². The lowest BCUT2D eigenvalue weighted by molar-refractivity contribution is -0.137. The van der Waals surface area contributed by atoms with Crippen molar-refractivity contribution < 1.29 is 14.6 Å². The van der Waals surface area contributed by atoms with Crippen molar-refractivity contribution >= 4 is 17.7 Å². The second kappa shape index (κ2) is 5.43. The van der Waals surface area contributed by atoms with Crippen molar-refractivity contribution in [2.75, 3.05) is 19.0 Å². The van der Waals surface area contributed by atoms with Crippen LogP contribution >= 0.6 is 11.8 Å². The van der Waals surface area contributed by atoms with Crippen molar-refractivity contribution in [3.8, 4) is 0 Å². The predicted octanol–water partition coefficient (Wildman–Crippen LogP) is 1.37. The monoisotopic (exact) mass is 190 g/mol. The van der Waals surface area contributed by atoms with Gasteiger partial charge in [-0.2, -0.15) is 11.8 Å². The molecule has 4 heteroatoms. The number of aliphatic carboxylic acids is 1. The molecule has 0 saturated carbocycles. The van der Waals surface area contributed by atoms with E-state index in [2.05, 4.69) is 0 Å². The molecule has 1 aliphatic heterocycles. The van der Waals surface area contributed by atoms with Crippen LogP contribution in [0.1, 0.15) is 19.3 Å². The largest absolute Gasteiger partial charge is 0.481 e. The van der Waals surface area contributed by atoms with E-state index in [-0.39, 0.29) is 0 Å². The highest BCUT2D eigenvalue weighted by Gasteiger charge is 2.17. The lowest BCUT2D eigenvalue weighted by Gasteiger charge is -2.25. The Morgan fingerprint density at radius 2 is 2.25 bits per heavy atom. The molecule has 0 spiro atoms. The fourth-order valence-corrected chi connectivity index (χ4v) is 2.03. The number of hydrogen-bond acceptors (Lipinski definition) is 3. The fraction of sp³-hybridized carbons (Fsp3) is 0.875. The summed E-state index contributed by atoms with van der Waals surface area (Å²) in [6.07, 6.45) is 2.12. The molecule has 70 valence electrons. The van der Waals surface area contributed by atoms with Gasteiger partial charge in [0.25, 0.3) is 0 Å². The Hall–Kier alpha value is -0.220. The number of carboxylic acids is 1. The number of thioether (sulfide) groups is 1. The molecular formula is C8H14O3S. The van der Waals surface area contributed by atoms with Crippen LogP contribution in [0, 0.1) is 0 Å². The van der Waals surface area contributed by atoms with Crippen LogP contribution in [0.3, 0.4) is 0 Å². The summed E-state index contributed by atoms with van der Waals surface area (Å²) < 4.78 is 5.02. The van der Waals surface area contributed by atoms with Crippen LogP contribution in [-0.4, -0.2) is 35.3 Å². The van der Waals surface area contributed by atoms with Gasteiger partial charge in [0.15, 0.2) is 0 Å². The summed E-state index contributed by atoms with van der Waals surface area (Å²) in [7, 11) is 0. The van der Waals surface area contributed by atoms with Crippen molar-refractivity contribution in [2.45, 2.75) is 24.5 Å². The zero-order valence-corrected chi connectivity index (χ0v) is 7.81. The molecule has 0 aromatic carbocycles. The number of carbonyl (C=O) groups is 1. The Morgan fingerprint density at radius 3 is 2.75 bits per heavy atom. The van der Waals surface area contributed by atoms with Gasteiger partial charge in [-0.25, -0.2) is 0 Å². The molecule has 1 fully saturated rings. The van der Waals surface area contributed by atoms with Gasteiger partial charge in [0, 0.05) is 6.42 Å². The molecule has 0 aromatic rings. The first-order chi connectivity index (χ1) is 5.79. The summed E-state index contributed by atoms with van der Waals surface area (Å²) >= 11 is 1.90. The lowest BCUT2D eigenvalue weighted by Crippen LogP contribution is -2.30. The van der Waals surface area contributed by atoms with Crippen molar-refractivity contribution in [2.24, 2.45) is 0 Å². The summed E-state index contributed by atoms with van der Waals surface area (Å²) in [6.45, 7) is 1.76. The topological polar surface area (TPSA) is 46.5 Å². The van der Waals surface area contributed by atoms with E-state index >= 15 is 0 Å². The molecule has 3 nitrogen and oxygen atoms in total.